The van der Waals surface area contributed by atoms with Gasteiger partial charge in [-0.05, 0) is 51.1 Å². The quantitative estimate of drug-likeness (QED) is 0.372. The SMILES string of the molecule is C/C=C(\C)C(CC/C=C/O[SiH](C)C)C(C)(C)C. The van der Waals surface area contributed by atoms with Gasteiger partial charge in [-0.25, -0.2) is 0 Å². The second kappa shape index (κ2) is 7.75. The topological polar surface area (TPSA) is 9.23 Å². The normalized spacial score (nSPS) is 15.6. The van der Waals surface area contributed by atoms with Crippen molar-refractivity contribution in [1.29, 1.82) is 0 Å². The molecule has 0 radical (unpaired) electrons. The van der Waals surface area contributed by atoms with Gasteiger partial charge in [0.05, 0.1) is 6.26 Å². The van der Waals surface area contributed by atoms with E-state index in [-0.39, 0.29) is 0 Å². The Morgan fingerprint density at radius 2 is 1.88 bits per heavy atom. The van der Waals surface area contributed by atoms with Crippen molar-refractivity contribution in [3.63, 3.8) is 0 Å². The van der Waals surface area contributed by atoms with Crippen LogP contribution in [-0.2, 0) is 4.43 Å². The first kappa shape index (κ1) is 16.5. The molecule has 100 valence electrons. The molecule has 0 aliphatic heterocycles. The van der Waals surface area contributed by atoms with Crippen LogP contribution in [0, 0.1) is 11.3 Å². The van der Waals surface area contributed by atoms with Gasteiger partial charge < -0.3 is 4.43 Å². The monoisotopic (exact) mass is 254 g/mol. The first-order valence-corrected chi connectivity index (χ1v) is 9.50. The molecule has 1 atom stereocenters. The van der Waals surface area contributed by atoms with E-state index >= 15 is 0 Å². The first-order valence-electron chi connectivity index (χ1n) is 6.72. The molecule has 0 amide bonds. The van der Waals surface area contributed by atoms with Crippen molar-refractivity contribution in [2.24, 2.45) is 11.3 Å². The Balaban J connectivity index is 4.25. The van der Waals surface area contributed by atoms with Crippen molar-refractivity contribution < 1.29 is 4.43 Å². The van der Waals surface area contributed by atoms with Crippen LogP contribution in [-0.4, -0.2) is 9.04 Å². The summed E-state index contributed by atoms with van der Waals surface area (Å²) in [5, 5.41) is 0. The molecule has 0 aromatic heterocycles. The summed E-state index contributed by atoms with van der Waals surface area (Å²) in [4.78, 5) is 0. The minimum absolute atomic E-state index is 0.345. The van der Waals surface area contributed by atoms with E-state index in [2.05, 4.69) is 59.9 Å². The van der Waals surface area contributed by atoms with E-state index in [1.54, 1.807) is 0 Å². The van der Waals surface area contributed by atoms with Crippen LogP contribution in [0.15, 0.2) is 24.0 Å². The third-order valence-electron chi connectivity index (χ3n) is 3.12. The van der Waals surface area contributed by atoms with Crippen LogP contribution in [0.1, 0.15) is 47.5 Å². The van der Waals surface area contributed by atoms with E-state index in [9.17, 15) is 0 Å². The molecule has 0 saturated carbocycles. The Hall–Kier alpha value is -0.503. The molecule has 0 rings (SSSR count). The maximum Gasteiger partial charge on any atom is 0.228 e. The van der Waals surface area contributed by atoms with Crippen molar-refractivity contribution >= 4 is 9.04 Å². The van der Waals surface area contributed by atoms with Gasteiger partial charge in [-0.2, -0.15) is 0 Å². The molecule has 17 heavy (non-hydrogen) atoms. The summed E-state index contributed by atoms with van der Waals surface area (Å²) in [7, 11) is -0.895. The van der Waals surface area contributed by atoms with Gasteiger partial charge in [-0.3, -0.25) is 0 Å². The van der Waals surface area contributed by atoms with Crippen LogP contribution in [0.5, 0.6) is 0 Å². The minimum Gasteiger partial charge on any atom is -0.553 e. The smallest absolute Gasteiger partial charge is 0.228 e. The molecule has 0 aliphatic carbocycles. The Morgan fingerprint density at radius 1 is 1.29 bits per heavy atom. The zero-order valence-electron chi connectivity index (χ0n) is 12.7. The van der Waals surface area contributed by atoms with Crippen LogP contribution in [0.25, 0.3) is 0 Å². The Kier molecular flexibility index (Phi) is 7.52. The maximum atomic E-state index is 5.54. The van der Waals surface area contributed by atoms with Gasteiger partial charge in [0, 0.05) is 0 Å². The van der Waals surface area contributed by atoms with E-state index in [4.69, 9.17) is 4.43 Å². The molecular formula is C15H30OSi. The summed E-state index contributed by atoms with van der Waals surface area (Å²) < 4.78 is 5.54. The van der Waals surface area contributed by atoms with Gasteiger partial charge in [-0.1, -0.05) is 38.5 Å². The highest BCUT2D eigenvalue weighted by Crippen LogP contribution is 2.35. The minimum atomic E-state index is -0.895. The van der Waals surface area contributed by atoms with Crippen LogP contribution >= 0.6 is 0 Å². The van der Waals surface area contributed by atoms with Gasteiger partial charge in [0.25, 0.3) is 0 Å². The van der Waals surface area contributed by atoms with E-state index < -0.39 is 9.04 Å². The van der Waals surface area contributed by atoms with E-state index in [1.807, 2.05) is 6.26 Å². The molecule has 0 aromatic rings. The predicted molar refractivity (Wildman–Crippen MR) is 80.7 cm³/mol. The zero-order chi connectivity index (χ0) is 13.5. The van der Waals surface area contributed by atoms with Crippen LogP contribution in [0.2, 0.25) is 13.1 Å². The van der Waals surface area contributed by atoms with E-state index in [1.165, 1.54) is 12.0 Å². The van der Waals surface area contributed by atoms with Crippen molar-refractivity contribution in [1.82, 2.24) is 0 Å². The lowest BCUT2D eigenvalue weighted by Gasteiger charge is -2.31. The average Bonchev–Trinajstić information content (AvgIpc) is 2.20. The number of rotatable bonds is 6. The highest BCUT2D eigenvalue weighted by atomic mass is 28.3. The van der Waals surface area contributed by atoms with Gasteiger partial charge in [0.15, 0.2) is 0 Å². The van der Waals surface area contributed by atoms with Crippen LogP contribution < -0.4 is 0 Å². The number of allylic oxidation sites excluding steroid dienone is 3. The second-order valence-corrected chi connectivity index (χ2v) is 8.45. The molecular weight excluding hydrogens is 224 g/mol. The van der Waals surface area contributed by atoms with Gasteiger partial charge >= 0.3 is 0 Å². The fourth-order valence-corrected chi connectivity index (χ4v) is 2.51. The number of hydrogen-bond acceptors (Lipinski definition) is 1. The summed E-state index contributed by atoms with van der Waals surface area (Å²) in [6.07, 6.45) is 8.64. The van der Waals surface area contributed by atoms with E-state index in [0.29, 0.717) is 11.3 Å². The highest BCUT2D eigenvalue weighted by molar-refractivity contribution is 6.48. The molecule has 0 spiro atoms. The van der Waals surface area contributed by atoms with Gasteiger partial charge in [0.1, 0.15) is 0 Å². The fraction of sp³-hybridized carbons (Fsp3) is 0.733. The molecule has 0 heterocycles. The van der Waals surface area contributed by atoms with Crippen molar-refractivity contribution in [3.05, 3.63) is 24.0 Å². The van der Waals surface area contributed by atoms with Crippen LogP contribution in [0.3, 0.4) is 0 Å². The Labute approximate surface area is 110 Å². The van der Waals surface area contributed by atoms with Gasteiger partial charge in [-0.15, -0.1) is 0 Å². The molecule has 1 nitrogen and oxygen atoms in total. The summed E-state index contributed by atoms with van der Waals surface area (Å²) in [6.45, 7) is 15.7. The van der Waals surface area contributed by atoms with Crippen molar-refractivity contribution in [2.75, 3.05) is 0 Å². The number of hydrogen-bond donors (Lipinski definition) is 0. The van der Waals surface area contributed by atoms with Crippen molar-refractivity contribution in [3.8, 4) is 0 Å². The van der Waals surface area contributed by atoms with E-state index in [0.717, 1.165) is 6.42 Å². The molecule has 1 unspecified atom stereocenters. The lowest BCUT2D eigenvalue weighted by atomic mass is 9.74. The Morgan fingerprint density at radius 3 is 2.29 bits per heavy atom. The second-order valence-electron chi connectivity index (χ2n) is 6.09. The summed E-state index contributed by atoms with van der Waals surface area (Å²) in [5.74, 6) is 0.661. The summed E-state index contributed by atoms with van der Waals surface area (Å²) >= 11 is 0. The molecule has 0 N–H and O–H groups in total. The molecule has 0 fully saturated rings. The molecule has 0 saturated heterocycles. The molecule has 0 aromatic carbocycles. The van der Waals surface area contributed by atoms with Crippen LogP contribution in [0.4, 0.5) is 0 Å². The third-order valence-corrected chi connectivity index (χ3v) is 3.82. The lowest BCUT2D eigenvalue weighted by Crippen LogP contribution is -2.21. The maximum absolute atomic E-state index is 5.54. The molecule has 0 bridgehead atoms. The van der Waals surface area contributed by atoms with Crippen molar-refractivity contribution in [2.45, 2.75) is 60.6 Å². The Bertz CT molecular complexity index is 259. The zero-order valence-corrected chi connectivity index (χ0v) is 13.9. The molecule has 2 heteroatoms. The molecule has 0 aliphatic rings. The largest absolute Gasteiger partial charge is 0.553 e. The summed E-state index contributed by atoms with van der Waals surface area (Å²) in [6, 6.07) is 0. The lowest BCUT2D eigenvalue weighted by molar-refractivity contribution is 0.265. The average molecular weight is 254 g/mol. The predicted octanol–water partition coefficient (Wildman–Crippen LogP) is 4.91. The fourth-order valence-electron chi connectivity index (χ4n) is 2.09. The third kappa shape index (κ3) is 7.43. The summed E-state index contributed by atoms with van der Waals surface area (Å²) in [5.41, 5.74) is 1.85. The standard InChI is InChI=1S/C15H30OSi/c1-8-13(2)14(15(3,4)5)11-9-10-12-16-17(6)7/h8,10,12,14,17H,9,11H2,1-7H3/b12-10+,13-8+. The highest BCUT2D eigenvalue weighted by Gasteiger charge is 2.24. The van der Waals surface area contributed by atoms with Gasteiger partial charge in [0.2, 0.25) is 9.04 Å². The first-order chi connectivity index (χ1) is 7.79.